The van der Waals surface area contributed by atoms with Crippen molar-refractivity contribution >= 4 is 49.5 Å². The van der Waals surface area contributed by atoms with Crippen molar-refractivity contribution < 1.29 is 14.3 Å². The number of aromatic nitrogens is 3. The number of hydrogen-bond acceptors (Lipinski definition) is 8. The molecule has 0 aliphatic rings. The van der Waals surface area contributed by atoms with E-state index < -0.39 is 5.25 Å². The number of benzene rings is 1. The van der Waals surface area contributed by atoms with Gasteiger partial charge in [0.2, 0.25) is 0 Å². The fourth-order valence-electron chi connectivity index (χ4n) is 3.42. The number of carbonyl (C=O) groups is 1. The van der Waals surface area contributed by atoms with Crippen molar-refractivity contribution in [2.45, 2.75) is 31.2 Å². The summed E-state index contributed by atoms with van der Waals surface area (Å²) in [4.78, 5) is 35.9. The summed E-state index contributed by atoms with van der Waals surface area (Å²) in [5, 5.41) is 0.752. The van der Waals surface area contributed by atoms with Crippen molar-refractivity contribution in [3.63, 3.8) is 0 Å². The van der Waals surface area contributed by atoms with E-state index in [0.29, 0.717) is 26.8 Å². The second-order valence-electron chi connectivity index (χ2n) is 7.06. The maximum atomic E-state index is 13.6. The normalized spacial score (nSPS) is 12.3. The number of carbonyl (C=O) groups excluding carboxylic acids is 1. The van der Waals surface area contributed by atoms with E-state index in [0.717, 1.165) is 21.5 Å². The van der Waals surface area contributed by atoms with Crippen LogP contribution in [0.25, 0.3) is 26.1 Å². The van der Waals surface area contributed by atoms with Crippen molar-refractivity contribution in [3.8, 4) is 11.4 Å². The predicted molar refractivity (Wildman–Crippen MR) is 124 cm³/mol. The molecule has 31 heavy (non-hydrogen) atoms. The monoisotopic (exact) mass is 455 g/mol. The minimum atomic E-state index is -0.537. The number of methoxy groups -OCH3 is 2. The van der Waals surface area contributed by atoms with Crippen LogP contribution in [0.1, 0.15) is 18.2 Å². The molecule has 160 valence electrons. The van der Waals surface area contributed by atoms with E-state index in [1.807, 2.05) is 19.9 Å². The molecule has 1 unspecified atom stereocenters. The number of pyridine rings is 1. The molecule has 4 rings (SSSR count). The van der Waals surface area contributed by atoms with Gasteiger partial charge in [0.25, 0.3) is 5.56 Å². The zero-order chi connectivity index (χ0) is 22.3. The van der Waals surface area contributed by atoms with Gasteiger partial charge < -0.3 is 9.47 Å². The number of aryl methyl sites for hydroxylation is 2. The van der Waals surface area contributed by atoms with Crippen molar-refractivity contribution in [2.24, 2.45) is 0 Å². The molecule has 0 spiro atoms. The summed E-state index contributed by atoms with van der Waals surface area (Å²) in [7, 11) is 2.93. The zero-order valence-electron chi connectivity index (χ0n) is 17.8. The van der Waals surface area contributed by atoms with Crippen molar-refractivity contribution in [1.29, 1.82) is 0 Å². The van der Waals surface area contributed by atoms with Crippen LogP contribution in [0, 0.1) is 13.8 Å². The number of thiophene rings is 1. The number of fused-ring (bicyclic) bond motifs is 3. The van der Waals surface area contributed by atoms with E-state index >= 15 is 0 Å². The Kier molecular flexibility index (Phi) is 5.72. The average molecular weight is 456 g/mol. The smallest absolute Gasteiger partial charge is 0.318 e. The largest absolute Gasteiger partial charge is 0.497 e. The Balaban J connectivity index is 2.02. The first-order valence-electron chi connectivity index (χ1n) is 9.56. The summed E-state index contributed by atoms with van der Waals surface area (Å²) in [6.45, 7) is 5.65. The van der Waals surface area contributed by atoms with Crippen LogP contribution < -0.4 is 10.3 Å². The lowest BCUT2D eigenvalue weighted by Gasteiger charge is -2.15. The molecule has 1 atom stereocenters. The second kappa shape index (κ2) is 8.32. The van der Waals surface area contributed by atoms with Gasteiger partial charge in [0.1, 0.15) is 20.5 Å². The van der Waals surface area contributed by atoms with Gasteiger partial charge in [0.05, 0.1) is 25.4 Å². The van der Waals surface area contributed by atoms with E-state index in [9.17, 15) is 9.59 Å². The Morgan fingerprint density at radius 2 is 1.87 bits per heavy atom. The standard InChI is InChI=1S/C22H21N3O4S2/c1-11-10-12(2)23-19-16(11)17-18(31-19)20(26)25(14-6-8-15(28-4)9-7-14)22(24-17)30-13(3)21(27)29-5/h6-10,13H,1-5H3. The first-order valence-corrected chi connectivity index (χ1v) is 11.3. The summed E-state index contributed by atoms with van der Waals surface area (Å²) in [6, 6.07) is 9.13. The lowest BCUT2D eigenvalue weighted by atomic mass is 10.1. The summed E-state index contributed by atoms with van der Waals surface area (Å²) in [5.41, 5.74) is 2.95. The van der Waals surface area contributed by atoms with Gasteiger partial charge in [-0.3, -0.25) is 14.2 Å². The van der Waals surface area contributed by atoms with Gasteiger partial charge in [0.15, 0.2) is 5.16 Å². The van der Waals surface area contributed by atoms with Crippen molar-refractivity contribution in [3.05, 3.63) is 51.9 Å². The van der Waals surface area contributed by atoms with Crippen LogP contribution in [0.15, 0.2) is 40.3 Å². The molecule has 0 aliphatic heterocycles. The number of thioether (sulfide) groups is 1. The highest BCUT2D eigenvalue weighted by Crippen LogP contribution is 2.35. The fraction of sp³-hybridized carbons (Fsp3) is 0.273. The average Bonchev–Trinajstić information content (AvgIpc) is 3.12. The number of nitrogens with zero attached hydrogens (tertiary/aromatic N) is 3. The maximum absolute atomic E-state index is 13.6. The molecular weight excluding hydrogens is 434 g/mol. The van der Waals surface area contributed by atoms with Gasteiger partial charge in [-0.15, -0.1) is 11.3 Å². The van der Waals surface area contributed by atoms with Crippen molar-refractivity contribution in [1.82, 2.24) is 14.5 Å². The highest BCUT2D eigenvalue weighted by molar-refractivity contribution is 8.00. The quantitative estimate of drug-likeness (QED) is 0.252. The Labute approximate surface area is 187 Å². The Bertz CT molecular complexity index is 1360. The third-order valence-corrected chi connectivity index (χ3v) is 7.00. The molecule has 0 saturated heterocycles. The van der Waals surface area contributed by atoms with Gasteiger partial charge in [-0.1, -0.05) is 11.8 Å². The number of rotatable bonds is 5. The van der Waals surface area contributed by atoms with Crippen LogP contribution in [0.3, 0.4) is 0 Å². The molecule has 7 nitrogen and oxygen atoms in total. The SMILES string of the molecule is COC(=O)C(C)Sc1nc2c(sc3nc(C)cc(C)c32)c(=O)n1-c1ccc(OC)cc1. The molecule has 3 heterocycles. The molecule has 0 fully saturated rings. The maximum Gasteiger partial charge on any atom is 0.318 e. The van der Waals surface area contributed by atoms with E-state index in [4.69, 9.17) is 14.5 Å². The molecule has 9 heteroatoms. The molecular formula is C22H21N3O4S2. The molecule has 0 saturated carbocycles. The van der Waals surface area contributed by atoms with Crippen molar-refractivity contribution in [2.75, 3.05) is 14.2 Å². The molecule has 3 aromatic heterocycles. The van der Waals surface area contributed by atoms with Crippen LogP contribution in [0.5, 0.6) is 5.75 Å². The van der Waals surface area contributed by atoms with Crippen LogP contribution in [-0.4, -0.2) is 40.0 Å². The third-order valence-electron chi connectivity index (χ3n) is 4.90. The fourth-order valence-corrected chi connectivity index (χ4v) is 5.53. The van der Waals surface area contributed by atoms with Crippen LogP contribution in [0.2, 0.25) is 0 Å². The number of ether oxygens (including phenoxy) is 2. The first kappa shape index (κ1) is 21.3. The highest BCUT2D eigenvalue weighted by Gasteiger charge is 2.23. The van der Waals surface area contributed by atoms with E-state index in [1.54, 1.807) is 38.3 Å². The van der Waals surface area contributed by atoms with E-state index in [1.165, 1.54) is 34.8 Å². The second-order valence-corrected chi connectivity index (χ2v) is 9.36. The van der Waals surface area contributed by atoms with Gasteiger partial charge in [-0.05, 0) is 56.7 Å². The van der Waals surface area contributed by atoms with E-state index in [2.05, 4.69) is 4.98 Å². The summed E-state index contributed by atoms with van der Waals surface area (Å²) in [5.74, 6) is 0.296. The van der Waals surface area contributed by atoms with Gasteiger partial charge in [-0.2, -0.15) is 0 Å². The molecule has 0 N–H and O–H groups in total. The Hall–Kier alpha value is -2.91. The molecule has 0 bridgehead atoms. The summed E-state index contributed by atoms with van der Waals surface area (Å²) >= 11 is 2.53. The molecule has 1 aromatic carbocycles. The molecule has 0 radical (unpaired) electrons. The molecule has 0 aliphatic carbocycles. The van der Waals surface area contributed by atoms with E-state index in [-0.39, 0.29) is 11.5 Å². The third kappa shape index (κ3) is 3.79. The first-order chi connectivity index (χ1) is 14.8. The molecule has 4 aromatic rings. The van der Waals surface area contributed by atoms with Crippen LogP contribution in [0.4, 0.5) is 0 Å². The number of esters is 1. The van der Waals surface area contributed by atoms with Gasteiger partial charge in [-0.25, -0.2) is 9.97 Å². The lowest BCUT2D eigenvalue weighted by Crippen LogP contribution is -2.23. The molecule has 0 amide bonds. The zero-order valence-corrected chi connectivity index (χ0v) is 19.4. The Morgan fingerprint density at radius 3 is 2.52 bits per heavy atom. The summed E-state index contributed by atoms with van der Waals surface area (Å²) in [6.07, 6.45) is 0. The summed E-state index contributed by atoms with van der Waals surface area (Å²) < 4.78 is 12.2. The Morgan fingerprint density at radius 1 is 1.16 bits per heavy atom. The van der Waals surface area contributed by atoms with Crippen LogP contribution >= 0.6 is 23.1 Å². The van der Waals surface area contributed by atoms with Gasteiger partial charge >= 0.3 is 5.97 Å². The van der Waals surface area contributed by atoms with Crippen LogP contribution in [-0.2, 0) is 9.53 Å². The topological polar surface area (TPSA) is 83.3 Å². The lowest BCUT2D eigenvalue weighted by molar-refractivity contribution is -0.139. The highest BCUT2D eigenvalue weighted by atomic mass is 32.2. The van der Waals surface area contributed by atoms with Gasteiger partial charge in [0, 0.05) is 11.1 Å². The number of hydrogen-bond donors (Lipinski definition) is 0. The predicted octanol–water partition coefficient (Wildman–Crippen LogP) is 4.27. The minimum Gasteiger partial charge on any atom is -0.497 e. The minimum absolute atomic E-state index is 0.199.